The van der Waals surface area contributed by atoms with Gasteiger partial charge >= 0.3 is 6.03 Å². The Hall–Kier alpha value is -5.47. The maximum Gasteiger partial charge on any atom is 0.335 e. The van der Waals surface area contributed by atoms with Gasteiger partial charge in [0.1, 0.15) is 17.9 Å². The Balaban J connectivity index is 1.22. The Morgan fingerprint density at radius 2 is 1.43 bits per heavy atom. The number of nitrogens with one attached hydrogen (secondary N) is 1. The summed E-state index contributed by atoms with van der Waals surface area (Å²) in [4.78, 5) is 45.1. The normalized spacial score (nSPS) is 19.2. The van der Waals surface area contributed by atoms with Gasteiger partial charge in [-0.15, -0.1) is 0 Å². The van der Waals surface area contributed by atoms with Crippen LogP contribution in [-0.2, 0) is 16.2 Å². The van der Waals surface area contributed by atoms with Crippen LogP contribution in [0.3, 0.4) is 0 Å². The van der Waals surface area contributed by atoms with E-state index in [1.54, 1.807) is 12.1 Å². The molecule has 0 unspecified atom stereocenters. The standard InChI is InChI=1S/C43H36BrN3O4/c1-27-9-8-10-28(21-27)26-51-39-16-15-32(44)22-31(39)23-38-41(48)45-43(50)47(42(38)49)33-24-36-34(29-11-4-2-5-12-29)17-19-46-20-18-35(37(25-33)40(36)46)30-13-6-3-7-14-30/h2-16,21-25,34-35H,17-20,26H2,1H3,(H,45,48,50)/b38-23+/t34-,35+. The van der Waals surface area contributed by atoms with Gasteiger partial charge in [0.15, 0.2) is 0 Å². The number of hydrogen-bond acceptors (Lipinski definition) is 5. The summed E-state index contributed by atoms with van der Waals surface area (Å²) in [6, 6.07) is 37.5. The van der Waals surface area contributed by atoms with E-state index >= 15 is 0 Å². The monoisotopic (exact) mass is 737 g/mol. The van der Waals surface area contributed by atoms with Crippen LogP contribution in [0.25, 0.3) is 6.08 Å². The summed E-state index contributed by atoms with van der Waals surface area (Å²) < 4.78 is 6.96. The molecule has 3 heterocycles. The van der Waals surface area contributed by atoms with Crippen LogP contribution in [0, 0.1) is 6.92 Å². The Morgan fingerprint density at radius 1 is 0.784 bits per heavy atom. The summed E-state index contributed by atoms with van der Waals surface area (Å²) in [7, 11) is 0. The van der Waals surface area contributed by atoms with Crippen molar-refractivity contribution in [3.8, 4) is 5.75 Å². The van der Waals surface area contributed by atoms with E-state index in [-0.39, 0.29) is 17.4 Å². The highest BCUT2D eigenvalue weighted by molar-refractivity contribution is 9.10. The minimum absolute atomic E-state index is 0.0834. The van der Waals surface area contributed by atoms with Crippen molar-refractivity contribution >= 4 is 51.2 Å². The van der Waals surface area contributed by atoms with Gasteiger partial charge in [-0.2, -0.15) is 0 Å². The molecule has 1 fully saturated rings. The summed E-state index contributed by atoms with van der Waals surface area (Å²) in [5.74, 6) is -0.761. The molecule has 1 N–H and O–H groups in total. The fourth-order valence-electron chi connectivity index (χ4n) is 7.74. The van der Waals surface area contributed by atoms with Gasteiger partial charge in [0.25, 0.3) is 11.8 Å². The molecule has 1 saturated heterocycles. The molecule has 5 aromatic rings. The van der Waals surface area contributed by atoms with Crippen molar-refractivity contribution in [3.05, 3.63) is 164 Å². The third-order valence-corrected chi connectivity index (χ3v) is 10.6. The number of halogens is 1. The number of nitrogens with zero attached hydrogens (tertiary/aromatic N) is 2. The molecule has 3 aliphatic heterocycles. The maximum absolute atomic E-state index is 14.4. The van der Waals surface area contributed by atoms with E-state index in [9.17, 15) is 14.4 Å². The van der Waals surface area contributed by atoms with Crippen LogP contribution in [0.2, 0.25) is 0 Å². The van der Waals surface area contributed by atoms with E-state index in [2.05, 4.69) is 80.7 Å². The minimum Gasteiger partial charge on any atom is -0.488 e. The van der Waals surface area contributed by atoms with Crippen molar-refractivity contribution in [3.63, 3.8) is 0 Å². The maximum atomic E-state index is 14.4. The molecular formula is C43H36BrN3O4. The number of benzene rings is 5. The summed E-state index contributed by atoms with van der Waals surface area (Å²) in [6.07, 6.45) is 3.33. The SMILES string of the molecule is Cc1cccc(COc2ccc(Br)cc2/C=C2\C(=O)NC(=O)N(c3cc4c5c(c3)[C@H](c3ccccc3)CCN5CC[C@@H]4c3ccccc3)C2=O)c1. The number of rotatable bonds is 7. The van der Waals surface area contributed by atoms with Crippen molar-refractivity contribution in [2.75, 3.05) is 22.9 Å². The van der Waals surface area contributed by atoms with Crippen molar-refractivity contribution in [2.24, 2.45) is 0 Å². The van der Waals surface area contributed by atoms with Crippen LogP contribution in [0.4, 0.5) is 16.2 Å². The van der Waals surface area contributed by atoms with Crippen molar-refractivity contribution < 1.29 is 19.1 Å². The average Bonchev–Trinajstić information content (AvgIpc) is 3.14. The quantitative estimate of drug-likeness (QED) is 0.133. The summed E-state index contributed by atoms with van der Waals surface area (Å²) in [5.41, 5.74) is 8.68. The molecular weight excluding hydrogens is 702 g/mol. The number of hydrogen-bond donors (Lipinski definition) is 1. The molecule has 0 aromatic heterocycles. The fraction of sp³-hybridized carbons (Fsp3) is 0.186. The number of urea groups is 1. The number of barbiturate groups is 1. The lowest BCUT2D eigenvalue weighted by atomic mass is 9.76. The number of amides is 4. The van der Waals surface area contributed by atoms with E-state index in [0.717, 1.165) is 57.6 Å². The van der Waals surface area contributed by atoms with Gasteiger partial charge in [0.05, 0.1) is 5.69 Å². The molecule has 0 saturated carbocycles. The Bertz CT molecular complexity index is 2130. The van der Waals surface area contributed by atoms with Gasteiger partial charge in [-0.25, -0.2) is 9.69 Å². The first kappa shape index (κ1) is 32.7. The smallest absolute Gasteiger partial charge is 0.335 e. The molecule has 8 heteroatoms. The Kier molecular flexibility index (Phi) is 8.78. The van der Waals surface area contributed by atoms with Gasteiger partial charge in [-0.3, -0.25) is 14.9 Å². The number of carbonyl (C=O) groups excluding carboxylic acids is 3. The van der Waals surface area contributed by atoms with Gasteiger partial charge in [-0.05, 0) is 84.0 Å². The Labute approximate surface area is 305 Å². The second kappa shape index (κ2) is 13.7. The molecule has 8 rings (SSSR count). The first-order chi connectivity index (χ1) is 24.8. The van der Waals surface area contributed by atoms with E-state index in [1.807, 2.05) is 55.5 Å². The highest BCUT2D eigenvalue weighted by Gasteiger charge is 2.40. The molecule has 7 nitrogen and oxygen atoms in total. The number of anilines is 2. The average molecular weight is 739 g/mol. The first-order valence-electron chi connectivity index (χ1n) is 17.3. The van der Waals surface area contributed by atoms with Crippen molar-refractivity contribution in [2.45, 2.75) is 38.2 Å². The van der Waals surface area contributed by atoms with Gasteiger partial charge in [-0.1, -0.05) is 106 Å². The zero-order valence-corrected chi connectivity index (χ0v) is 29.7. The van der Waals surface area contributed by atoms with Crippen LogP contribution in [0.15, 0.2) is 125 Å². The van der Waals surface area contributed by atoms with E-state index in [1.165, 1.54) is 22.9 Å². The molecule has 4 amide bonds. The fourth-order valence-corrected chi connectivity index (χ4v) is 8.12. The third kappa shape index (κ3) is 6.36. The van der Waals surface area contributed by atoms with E-state index in [4.69, 9.17) is 4.74 Å². The minimum atomic E-state index is -0.768. The topological polar surface area (TPSA) is 79.0 Å². The second-order valence-corrected chi connectivity index (χ2v) is 14.3. The van der Waals surface area contributed by atoms with Gasteiger partial charge < -0.3 is 9.64 Å². The lowest BCUT2D eigenvalue weighted by Gasteiger charge is -2.44. The zero-order valence-electron chi connectivity index (χ0n) is 28.1. The molecule has 0 bridgehead atoms. The lowest BCUT2D eigenvalue weighted by Crippen LogP contribution is -2.54. The molecule has 0 radical (unpaired) electrons. The number of carbonyl (C=O) groups is 3. The van der Waals surface area contributed by atoms with Crippen LogP contribution < -0.4 is 19.9 Å². The number of imide groups is 2. The van der Waals surface area contributed by atoms with Crippen LogP contribution in [-0.4, -0.2) is 30.9 Å². The molecule has 254 valence electrons. The molecule has 2 atom stereocenters. The largest absolute Gasteiger partial charge is 0.488 e. The van der Waals surface area contributed by atoms with Gasteiger partial charge in [0, 0.05) is 40.6 Å². The summed E-state index contributed by atoms with van der Waals surface area (Å²) >= 11 is 3.53. The van der Waals surface area contributed by atoms with Crippen LogP contribution in [0.5, 0.6) is 5.75 Å². The van der Waals surface area contributed by atoms with Gasteiger partial charge in [0.2, 0.25) is 0 Å². The summed E-state index contributed by atoms with van der Waals surface area (Å²) in [6.45, 7) is 4.18. The third-order valence-electron chi connectivity index (χ3n) is 10.1. The Morgan fingerprint density at radius 3 is 2.06 bits per heavy atom. The summed E-state index contributed by atoms with van der Waals surface area (Å²) in [5, 5.41) is 2.45. The second-order valence-electron chi connectivity index (χ2n) is 13.4. The molecule has 51 heavy (non-hydrogen) atoms. The van der Waals surface area contributed by atoms with Crippen molar-refractivity contribution in [1.29, 1.82) is 0 Å². The number of ether oxygens (including phenoxy) is 1. The van der Waals surface area contributed by atoms with E-state index in [0.29, 0.717) is 23.6 Å². The number of aryl methyl sites for hydroxylation is 1. The predicted molar refractivity (Wildman–Crippen MR) is 203 cm³/mol. The molecule has 5 aromatic carbocycles. The molecule has 3 aliphatic rings. The van der Waals surface area contributed by atoms with Crippen LogP contribution >= 0.6 is 15.9 Å². The molecule has 0 spiro atoms. The zero-order chi connectivity index (χ0) is 35.1. The first-order valence-corrected chi connectivity index (χ1v) is 18.1. The van der Waals surface area contributed by atoms with Crippen LogP contribution in [0.1, 0.15) is 63.6 Å². The molecule has 0 aliphatic carbocycles. The van der Waals surface area contributed by atoms with E-state index < -0.39 is 17.8 Å². The predicted octanol–water partition coefficient (Wildman–Crippen LogP) is 8.88. The highest BCUT2D eigenvalue weighted by Crippen LogP contribution is 2.50. The highest BCUT2D eigenvalue weighted by atomic mass is 79.9. The lowest BCUT2D eigenvalue weighted by molar-refractivity contribution is -0.122. The van der Waals surface area contributed by atoms with Crippen molar-refractivity contribution in [1.82, 2.24) is 5.32 Å².